The number of benzene rings is 2. The molecule has 0 aliphatic heterocycles. The SMILES string of the molecule is COc1cc(C=O)cc(I)c1OC1C=C(C(=O)NCCO)CC(N(Cc2ccccc2F)C(=O)COC2CC(C)CCC2C(C)C)C1O. The van der Waals surface area contributed by atoms with Gasteiger partial charge in [-0.05, 0) is 77.5 Å². The van der Waals surface area contributed by atoms with E-state index in [0.29, 0.717) is 33.2 Å². The molecule has 48 heavy (non-hydrogen) atoms. The van der Waals surface area contributed by atoms with E-state index in [-0.39, 0.29) is 61.5 Å². The van der Waals surface area contributed by atoms with Crippen LogP contribution in [0.3, 0.4) is 0 Å². The fourth-order valence-electron chi connectivity index (χ4n) is 6.61. The number of halogens is 2. The number of aliphatic hydroxyl groups is 2. The number of ether oxygens (including phenoxy) is 3. The van der Waals surface area contributed by atoms with Crippen molar-refractivity contribution >= 4 is 40.7 Å². The van der Waals surface area contributed by atoms with Crippen molar-refractivity contribution in [3.05, 3.63) is 68.6 Å². The van der Waals surface area contributed by atoms with Crippen LogP contribution in [-0.4, -0.2) is 84.4 Å². The first kappa shape index (κ1) is 37.7. The van der Waals surface area contributed by atoms with Crippen LogP contribution in [0.2, 0.25) is 0 Å². The molecule has 2 aromatic carbocycles. The Morgan fingerprint density at radius 2 is 1.96 bits per heavy atom. The van der Waals surface area contributed by atoms with Crippen LogP contribution in [0.15, 0.2) is 48.0 Å². The molecule has 1 fully saturated rings. The number of nitrogens with zero attached hydrogens (tertiary/aromatic N) is 1. The second-order valence-corrected chi connectivity index (χ2v) is 14.1. The summed E-state index contributed by atoms with van der Waals surface area (Å²) < 4.78 is 33.7. The quantitative estimate of drug-likeness (QED) is 0.186. The lowest BCUT2D eigenvalue weighted by Crippen LogP contribution is -2.55. The van der Waals surface area contributed by atoms with Crippen LogP contribution in [-0.2, 0) is 20.9 Å². The van der Waals surface area contributed by atoms with E-state index in [9.17, 15) is 24.6 Å². The normalized spacial score (nSPS) is 24.1. The van der Waals surface area contributed by atoms with Gasteiger partial charge in [0.1, 0.15) is 30.9 Å². The van der Waals surface area contributed by atoms with Crippen molar-refractivity contribution in [1.29, 1.82) is 0 Å². The Bertz CT molecular complexity index is 1470. The lowest BCUT2D eigenvalue weighted by molar-refractivity contribution is -0.149. The third kappa shape index (κ3) is 9.33. The summed E-state index contributed by atoms with van der Waals surface area (Å²) in [5.41, 5.74) is 0.817. The number of amides is 2. The number of aldehydes is 1. The number of hydrogen-bond acceptors (Lipinski definition) is 8. The summed E-state index contributed by atoms with van der Waals surface area (Å²) in [4.78, 5) is 40.3. The first-order valence-corrected chi connectivity index (χ1v) is 17.5. The van der Waals surface area contributed by atoms with Gasteiger partial charge in [0.05, 0.1) is 29.4 Å². The molecular formula is C36H46FIN2O8. The Morgan fingerprint density at radius 3 is 2.62 bits per heavy atom. The Morgan fingerprint density at radius 1 is 1.21 bits per heavy atom. The van der Waals surface area contributed by atoms with Crippen LogP contribution in [0.5, 0.6) is 11.5 Å². The second-order valence-electron chi connectivity index (χ2n) is 13.0. The van der Waals surface area contributed by atoms with Gasteiger partial charge in [-0.25, -0.2) is 4.39 Å². The molecule has 2 aliphatic rings. The monoisotopic (exact) mass is 780 g/mol. The van der Waals surface area contributed by atoms with Gasteiger partial charge < -0.3 is 34.6 Å². The predicted molar refractivity (Wildman–Crippen MR) is 186 cm³/mol. The summed E-state index contributed by atoms with van der Waals surface area (Å²) in [5, 5.41) is 23.9. The van der Waals surface area contributed by atoms with Crippen molar-refractivity contribution in [2.24, 2.45) is 17.8 Å². The van der Waals surface area contributed by atoms with Gasteiger partial charge in [-0.2, -0.15) is 0 Å². The molecule has 0 spiro atoms. The maximum atomic E-state index is 15.0. The minimum absolute atomic E-state index is 0.00363. The van der Waals surface area contributed by atoms with Crippen LogP contribution in [0.1, 0.15) is 62.4 Å². The molecule has 6 unspecified atom stereocenters. The van der Waals surface area contributed by atoms with Crippen molar-refractivity contribution in [3.8, 4) is 11.5 Å². The first-order valence-electron chi connectivity index (χ1n) is 16.4. The molecular weight excluding hydrogens is 734 g/mol. The topological polar surface area (TPSA) is 135 Å². The molecule has 2 aliphatic carbocycles. The van der Waals surface area contributed by atoms with E-state index in [4.69, 9.17) is 14.2 Å². The molecule has 4 rings (SSSR count). The highest BCUT2D eigenvalue weighted by molar-refractivity contribution is 14.1. The highest BCUT2D eigenvalue weighted by Gasteiger charge is 2.42. The van der Waals surface area contributed by atoms with E-state index in [2.05, 4.69) is 26.1 Å². The van der Waals surface area contributed by atoms with Crippen LogP contribution in [0.25, 0.3) is 0 Å². The van der Waals surface area contributed by atoms with Crippen LogP contribution < -0.4 is 14.8 Å². The average molecular weight is 781 g/mol. The summed E-state index contributed by atoms with van der Waals surface area (Å²) in [6, 6.07) is 8.18. The molecule has 0 heterocycles. The molecule has 3 N–H and O–H groups in total. The summed E-state index contributed by atoms with van der Waals surface area (Å²) in [6.45, 7) is 5.74. The first-order chi connectivity index (χ1) is 23.0. The molecule has 0 radical (unpaired) electrons. The fraction of sp³-hybridized carbons (Fsp3) is 0.528. The number of hydrogen-bond donors (Lipinski definition) is 3. The van der Waals surface area contributed by atoms with Crippen molar-refractivity contribution < 1.29 is 43.2 Å². The zero-order valence-electron chi connectivity index (χ0n) is 27.9. The highest BCUT2D eigenvalue weighted by atomic mass is 127. The Hall–Kier alpha value is -3.07. The average Bonchev–Trinajstić information content (AvgIpc) is 3.07. The number of carbonyl (C=O) groups is 3. The Labute approximate surface area is 295 Å². The molecule has 0 aromatic heterocycles. The van der Waals surface area contributed by atoms with Crippen molar-refractivity contribution in [2.45, 2.75) is 77.4 Å². The molecule has 10 nitrogen and oxygen atoms in total. The predicted octanol–water partition coefficient (Wildman–Crippen LogP) is 4.67. The molecule has 1 saturated carbocycles. The third-order valence-electron chi connectivity index (χ3n) is 9.26. The zero-order chi connectivity index (χ0) is 35.0. The van der Waals surface area contributed by atoms with Crippen molar-refractivity contribution in [2.75, 3.05) is 26.9 Å². The molecule has 6 atom stereocenters. The smallest absolute Gasteiger partial charge is 0.249 e. The standard InChI is InChI=1S/C36H46FIN2O8/c1-21(2)26-10-9-22(3)13-30(26)47-20-33(43)40(18-24-7-5-6-8-27(24)37)29-16-25(36(45)39-11-12-41)17-31(34(29)44)48-35-28(38)14-23(19-42)15-32(35)46-4/h5-8,14-15,17,19,21-22,26,29-31,34,41,44H,9-13,16,18,20H2,1-4H3,(H,39,45). The van der Waals surface area contributed by atoms with Crippen LogP contribution in [0, 0.1) is 27.1 Å². The maximum absolute atomic E-state index is 15.0. The largest absolute Gasteiger partial charge is 0.493 e. The third-order valence-corrected chi connectivity index (χ3v) is 10.1. The molecule has 0 saturated heterocycles. The summed E-state index contributed by atoms with van der Waals surface area (Å²) >= 11 is 1.99. The van der Waals surface area contributed by atoms with Gasteiger partial charge in [0.25, 0.3) is 0 Å². The maximum Gasteiger partial charge on any atom is 0.249 e. The zero-order valence-corrected chi connectivity index (χ0v) is 30.0. The van der Waals surface area contributed by atoms with Gasteiger partial charge in [-0.1, -0.05) is 45.4 Å². The number of nitrogens with one attached hydrogen (secondary N) is 1. The van der Waals surface area contributed by atoms with Gasteiger partial charge in [0.2, 0.25) is 11.8 Å². The van der Waals surface area contributed by atoms with Crippen molar-refractivity contribution in [1.82, 2.24) is 10.2 Å². The van der Waals surface area contributed by atoms with E-state index >= 15 is 4.39 Å². The molecule has 0 bridgehead atoms. The lowest BCUT2D eigenvalue weighted by Gasteiger charge is -2.41. The van der Waals surface area contributed by atoms with Gasteiger partial charge >= 0.3 is 0 Å². The molecule has 12 heteroatoms. The summed E-state index contributed by atoms with van der Waals surface area (Å²) in [7, 11) is 1.42. The Kier molecular flexibility index (Phi) is 13.8. The molecule has 262 valence electrons. The lowest BCUT2D eigenvalue weighted by atomic mass is 9.75. The van der Waals surface area contributed by atoms with E-state index < -0.39 is 35.9 Å². The van der Waals surface area contributed by atoms with E-state index in [1.165, 1.54) is 30.2 Å². The van der Waals surface area contributed by atoms with E-state index in [0.717, 1.165) is 19.3 Å². The Balaban J connectivity index is 1.70. The van der Waals surface area contributed by atoms with E-state index in [1.807, 2.05) is 22.6 Å². The van der Waals surface area contributed by atoms with Gasteiger partial charge in [-0.3, -0.25) is 14.4 Å². The minimum atomic E-state index is -1.36. The summed E-state index contributed by atoms with van der Waals surface area (Å²) in [5.74, 6) is 0.128. The number of aliphatic hydroxyl groups excluding tert-OH is 2. The van der Waals surface area contributed by atoms with Gasteiger partial charge in [-0.15, -0.1) is 0 Å². The van der Waals surface area contributed by atoms with E-state index in [1.54, 1.807) is 24.3 Å². The molecule has 2 aromatic rings. The number of carbonyl (C=O) groups excluding carboxylic acids is 3. The van der Waals surface area contributed by atoms with Gasteiger partial charge in [0.15, 0.2) is 11.5 Å². The number of rotatable bonds is 14. The molecule has 2 amide bonds. The minimum Gasteiger partial charge on any atom is -0.493 e. The van der Waals surface area contributed by atoms with Gasteiger partial charge in [0, 0.05) is 36.2 Å². The fourth-order valence-corrected chi connectivity index (χ4v) is 7.36. The van der Waals surface area contributed by atoms with Crippen LogP contribution >= 0.6 is 22.6 Å². The summed E-state index contributed by atoms with van der Waals surface area (Å²) in [6.07, 6.45) is 2.39. The van der Waals surface area contributed by atoms with Crippen LogP contribution in [0.4, 0.5) is 4.39 Å². The highest BCUT2D eigenvalue weighted by Crippen LogP contribution is 2.38. The number of methoxy groups -OCH3 is 1. The van der Waals surface area contributed by atoms with Crippen molar-refractivity contribution in [3.63, 3.8) is 0 Å². The second kappa shape index (κ2) is 17.5.